The predicted octanol–water partition coefficient (Wildman–Crippen LogP) is 2.92. The molecule has 0 aliphatic carbocycles. The van der Waals surface area contributed by atoms with E-state index in [0.29, 0.717) is 23.1 Å². The highest BCUT2D eigenvalue weighted by Gasteiger charge is 2.03. The number of nitrogens with zero attached hydrogens (tertiary/aromatic N) is 2. The second-order valence-electron chi connectivity index (χ2n) is 3.23. The Hall–Kier alpha value is -1.62. The van der Waals surface area contributed by atoms with Crippen molar-refractivity contribution < 1.29 is 4.74 Å². The number of aromatic nitrogens is 2. The third kappa shape index (κ3) is 2.49. The van der Waals surface area contributed by atoms with E-state index in [0.717, 1.165) is 4.47 Å². The first kappa shape index (κ1) is 10.9. The summed E-state index contributed by atoms with van der Waals surface area (Å²) >= 11 is 3.33. The van der Waals surface area contributed by atoms with Gasteiger partial charge in [0.25, 0.3) is 0 Å². The average Bonchev–Trinajstić information content (AvgIpc) is 2.22. The summed E-state index contributed by atoms with van der Waals surface area (Å²) in [5.74, 6) is 1.73. The van der Waals surface area contributed by atoms with Gasteiger partial charge in [-0.05, 0) is 25.1 Å². The van der Waals surface area contributed by atoms with Gasteiger partial charge in [-0.2, -0.15) is 4.98 Å². The average molecular weight is 280 g/mol. The maximum Gasteiger partial charge on any atom is 0.222 e. The van der Waals surface area contributed by atoms with Crippen molar-refractivity contribution in [3.8, 4) is 11.6 Å². The molecule has 4 nitrogen and oxygen atoms in total. The largest absolute Gasteiger partial charge is 0.437 e. The van der Waals surface area contributed by atoms with Crippen molar-refractivity contribution in [2.45, 2.75) is 6.92 Å². The molecule has 0 fully saturated rings. The SMILES string of the molecule is Cc1nccc(Oc2ccc(Br)cc2N)n1. The van der Waals surface area contributed by atoms with Crippen LogP contribution in [0, 0.1) is 6.92 Å². The van der Waals surface area contributed by atoms with Gasteiger partial charge >= 0.3 is 0 Å². The van der Waals surface area contributed by atoms with E-state index in [2.05, 4.69) is 25.9 Å². The van der Waals surface area contributed by atoms with E-state index in [4.69, 9.17) is 10.5 Å². The molecule has 0 aliphatic heterocycles. The summed E-state index contributed by atoms with van der Waals surface area (Å²) in [6.45, 7) is 1.80. The van der Waals surface area contributed by atoms with Crippen LogP contribution in [0.25, 0.3) is 0 Å². The Labute approximate surface area is 102 Å². The first-order valence-electron chi connectivity index (χ1n) is 4.67. The molecule has 2 rings (SSSR count). The summed E-state index contributed by atoms with van der Waals surface area (Å²) < 4.78 is 6.46. The van der Waals surface area contributed by atoms with Gasteiger partial charge in [-0.1, -0.05) is 15.9 Å². The Morgan fingerprint density at radius 1 is 1.31 bits per heavy atom. The second kappa shape index (κ2) is 4.49. The van der Waals surface area contributed by atoms with E-state index in [1.54, 1.807) is 31.3 Å². The van der Waals surface area contributed by atoms with Gasteiger partial charge in [0.15, 0.2) is 5.75 Å². The zero-order chi connectivity index (χ0) is 11.5. The summed E-state index contributed by atoms with van der Waals surface area (Å²) in [4.78, 5) is 8.12. The summed E-state index contributed by atoms with van der Waals surface area (Å²) in [5, 5.41) is 0. The fourth-order valence-electron chi connectivity index (χ4n) is 1.22. The van der Waals surface area contributed by atoms with Crippen molar-refractivity contribution in [1.82, 2.24) is 9.97 Å². The molecule has 2 aromatic rings. The number of halogens is 1. The van der Waals surface area contributed by atoms with Crippen molar-refractivity contribution in [1.29, 1.82) is 0 Å². The number of anilines is 1. The lowest BCUT2D eigenvalue weighted by Gasteiger charge is -2.07. The fraction of sp³-hybridized carbons (Fsp3) is 0.0909. The van der Waals surface area contributed by atoms with Gasteiger partial charge in [-0.25, -0.2) is 4.98 Å². The highest BCUT2D eigenvalue weighted by molar-refractivity contribution is 9.10. The minimum Gasteiger partial charge on any atom is -0.437 e. The highest BCUT2D eigenvalue weighted by atomic mass is 79.9. The molecule has 1 heterocycles. The topological polar surface area (TPSA) is 61.0 Å². The van der Waals surface area contributed by atoms with Gasteiger partial charge in [-0.15, -0.1) is 0 Å². The molecule has 1 aromatic carbocycles. The standard InChI is InChI=1S/C11H10BrN3O/c1-7-14-5-4-11(15-7)16-10-3-2-8(12)6-9(10)13/h2-6H,13H2,1H3. The van der Waals surface area contributed by atoms with E-state index < -0.39 is 0 Å². The second-order valence-corrected chi connectivity index (χ2v) is 4.14. The van der Waals surface area contributed by atoms with Crippen LogP contribution in [0.15, 0.2) is 34.9 Å². The van der Waals surface area contributed by atoms with Crippen LogP contribution in [0.3, 0.4) is 0 Å². The summed E-state index contributed by atoms with van der Waals surface area (Å²) in [5.41, 5.74) is 6.37. The molecule has 1 aromatic heterocycles. The normalized spacial score (nSPS) is 10.1. The molecule has 0 unspecified atom stereocenters. The van der Waals surface area contributed by atoms with E-state index in [-0.39, 0.29) is 0 Å². The maximum absolute atomic E-state index is 5.81. The van der Waals surface area contributed by atoms with E-state index >= 15 is 0 Å². The molecular weight excluding hydrogens is 270 g/mol. The Kier molecular flexibility index (Phi) is 3.05. The van der Waals surface area contributed by atoms with E-state index in [1.807, 2.05) is 6.07 Å². The monoisotopic (exact) mass is 279 g/mol. The molecule has 0 amide bonds. The van der Waals surface area contributed by atoms with Crippen molar-refractivity contribution in [2.24, 2.45) is 0 Å². The number of nitrogens with two attached hydrogens (primary N) is 1. The fourth-order valence-corrected chi connectivity index (χ4v) is 1.60. The Morgan fingerprint density at radius 3 is 2.81 bits per heavy atom. The Morgan fingerprint density at radius 2 is 2.12 bits per heavy atom. The molecule has 16 heavy (non-hydrogen) atoms. The summed E-state index contributed by atoms with van der Waals surface area (Å²) in [6, 6.07) is 7.12. The zero-order valence-corrected chi connectivity index (χ0v) is 10.2. The van der Waals surface area contributed by atoms with Crippen molar-refractivity contribution in [3.05, 3.63) is 40.8 Å². The number of aryl methyl sites for hydroxylation is 1. The molecule has 0 radical (unpaired) electrons. The number of benzene rings is 1. The van der Waals surface area contributed by atoms with Crippen molar-refractivity contribution >= 4 is 21.6 Å². The number of nitrogen functional groups attached to an aromatic ring is 1. The van der Waals surface area contributed by atoms with Crippen LogP contribution in [0.2, 0.25) is 0 Å². The van der Waals surface area contributed by atoms with Crippen LogP contribution in [0.5, 0.6) is 11.6 Å². The molecule has 2 N–H and O–H groups in total. The predicted molar refractivity (Wildman–Crippen MR) is 65.4 cm³/mol. The molecule has 5 heteroatoms. The van der Waals surface area contributed by atoms with Gasteiger partial charge in [-0.3, -0.25) is 0 Å². The van der Waals surface area contributed by atoms with Gasteiger partial charge in [0.2, 0.25) is 5.88 Å². The third-order valence-electron chi connectivity index (χ3n) is 1.94. The Bertz CT molecular complexity index is 516. The molecule has 0 spiro atoms. The lowest BCUT2D eigenvalue weighted by molar-refractivity contribution is 0.462. The van der Waals surface area contributed by atoms with Gasteiger partial charge < -0.3 is 10.5 Å². The van der Waals surface area contributed by atoms with Crippen LogP contribution in [-0.2, 0) is 0 Å². The van der Waals surface area contributed by atoms with Crippen LogP contribution >= 0.6 is 15.9 Å². The lowest BCUT2D eigenvalue weighted by Crippen LogP contribution is -1.95. The maximum atomic E-state index is 5.81. The highest BCUT2D eigenvalue weighted by Crippen LogP contribution is 2.28. The van der Waals surface area contributed by atoms with Gasteiger partial charge in [0, 0.05) is 16.7 Å². The van der Waals surface area contributed by atoms with Crippen LogP contribution in [-0.4, -0.2) is 9.97 Å². The Balaban J connectivity index is 2.27. The molecule has 0 bridgehead atoms. The third-order valence-corrected chi connectivity index (χ3v) is 2.43. The minimum absolute atomic E-state index is 0.488. The van der Waals surface area contributed by atoms with Crippen molar-refractivity contribution in [3.63, 3.8) is 0 Å². The molecule has 82 valence electrons. The molecule has 0 aliphatic rings. The summed E-state index contributed by atoms with van der Waals surface area (Å²) in [6.07, 6.45) is 1.65. The minimum atomic E-state index is 0.488. The number of rotatable bonds is 2. The van der Waals surface area contributed by atoms with Gasteiger partial charge in [0.05, 0.1) is 5.69 Å². The smallest absolute Gasteiger partial charge is 0.222 e. The van der Waals surface area contributed by atoms with E-state index in [1.165, 1.54) is 0 Å². The molecule has 0 saturated heterocycles. The first-order valence-corrected chi connectivity index (χ1v) is 5.47. The van der Waals surface area contributed by atoms with Crippen LogP contribution in [0.1, 0.15) is 5.82 Å². The summed E-state index contributed by atoms with van der Waals surface area (Å²) in [7, 11) is 0. The van der Waals surface area contributed by atoms with Crippen LogP contribution in [0.4, 0.5) is 5.69 Å². The first-order chi connectivity index (χ1) is 7.65. The molecular formula is C11H10BrN3O. The van der Waals surface area contributed by atoms with E-state index in [9.17, 15) is 0 Å². The lowest BCUT2D eigenvalue weighted by atomic mass is 10.3. The quantitative estimate of drug-likeness (QED) is 0.859. The number of hydrogen-bond acceptors (Lipinski definition) is 4. The molecule has 0 atom stereocenters. The zero-order valence-electron chi connectivity index (χ0n) is 8.64. The molecule has 0 saturated carbocycles. The number of hydrogen-bond donors (Lipinski definition) is 1. The van der Waals surface area contributed by atoms with Gasteiger partial charge in [0.1, 0.15) is 5.82 Å². The van der Waals surface area contributed by atoms with Crippen LogP contribution < -0.4 is 10.5 Å². The van der Waals surface area contributed by atoms with Crippen molar-refractivity contribution in [2.75, 3.05) is 5.73 Å². The number of ether oxygens (including phenoxy) is 1.